The van der Waals surface area contributed by atoms with Crippen LogP contribution in [0, 0.1) is 5.92 Å². The minimum atomic E-state index is -0.124. The van der Waals surface area contributed by atoms with Gasteiger partial charge in [-0.3, -0.25) is 0 Å². The fraction of sp³-hybridized carbons (Fsp3) is 0.667. The van der Waals surface area contributed by atoms with Gasteiger partial charge in [-0.15, -0.1) is 0 Å². The van der Waals surface area contributed by atoms with Crippen LogP contribution in [0.5, 0.6) is 0 Å². The van der Waals surface area contributed by atoms with Crippen molar-refractivity contribution in [2.75, 3.05) is 0 Å². The lowest BCUT2D eigenvalue weighted by molar-refractivity contribution is -0.141. The van der Waals surface area contributed by atoms with Crippen LogP contribution in [-0.2, 0) is 14.3 Å². The Balaban J connectivity index is 1.85. The third-order valence-electron chi connectivity index (χ3n) is 5.36. The van der Waals surface area contributed by atoms with Crippen LogP contribution in [0.3, 0.4) is 0 Å². The minimum Gasteiger partial charge on any atom is -0.454 e. The highest BCUT2D eigenvalue weighted by Crippen LogP contribution is 2.61. The molecule has 18 heavy (non-hydrogen) atoms. The Bertz CT molecular complexity index is 528. The maximum absolute atomic E-state index is 11.8. The first-order valence-electron chi connectivity index (χ1n) is 6.79. The summed E-state index contributed by atoms with van der Waals surface area (Å²) in [7, 11) is 0. The predicted molar refractivity (Wildman–Crippen MR) is 65.9 cm³/mol. The summed E-state index contributed by atoms with van der Waals surface area (Å²) in [6, 6.07) is 0. The van der Waals surface area contributed by atoms with E-state index in [1.165, 1.54) is 16.7 Å². The zero-order chi connectivity index (χ0) is 12.7. The first kappa shape index (κ1) is 10.8. The molecule has 1 saturated carbocycles. The Kier molecular flexibility index (Phi) is 1.85. The van der Waals surface area contributed by atoms with Gasteiger partial charge in [-0.05, 0) is 45.6 Å². The van der Waals surface area contributed by atoms with E-state index in [2.05, 4.69) is 13.8 Å². The molecule has 3 nitrogen and oxygen atoms in total. The highest BCUT2D eigenvalue weighted by molar-refractivity contribution is 5.92. The van der Waals surface area contributed by atoms with E-state index in [0.717, 1.165) is 24.8 Å². The molecule has 0 unspecified atom stereocenters. The average molecular weight is 246 g/mol. The van der Waals surface area contributed by atoms with E-state index in [1.807, 2.05) is 6.92 Å². The lowest BCUT2D eigenvalue weighted by Gasteiger charge is -2.26. The molecule has 0 bridgehead atoms. The smallest absolute Gasteiger partial charge is 0.334 e. The SMILES string of the molecule is CC1=C2C[C@H]3O[C@@]3(C)[C@H]2[C@@H]2OC(=O)C(C)=C2CC1. The maximum atomic E-state index is 11.8. The van der Waals surface area contributed by atoms with E-state index in [1.54, 1.807) is 0 Å². The number of esters is 1. The molecular formula is C15H18O3. The van der Waals surface area contributed by atoms with Crippen LogP contribution >= 0.6 is 0 Å². The molecule has 1 saturated heterocycles. The summed E-state index contributed by atoms with van der Waals surface area (Å²) in [4.78, 5) is 11.8. The van der Waals surface area contributed by atoms with E-state index < -0.39 is 0 Å². The number of allylic oxidation sites excluding steroid dienone is 1. The molecule has 0 aromatic heterocycles. The van der Waals surface area contributed by atoms with Gasteiger partial charge in [0, 0.05) is 5.57 Å². The van der Waals surface area contributed by atoms with E-state index in [0.29, 0.717) is 6.10 Å². The van der Waals surface area contributed by atoms with Crippen molar-refractivity contribution in [2.24, 2.45) is 5.92 Å². The van der Waals surface area contributed by atoms with Gasteiger partial charge in [-0.25, -0.2) is 4.79 Å². The zero-order valence-electron chi connectivity index (χ0n) is 11.1. The van der Waals surface area contributed by atoms with Crippen LogP contribution in [0.1, 0.15) is 40.0 Å². The van der Waals surface area contributed by atoms with Crippen molar-refractivity contribution in [2.45, 2.75) is 57.8 Å². The number of fused-ring (bicyclic) bond motifs is 5. The third kappa shape index (κ3) is 1.11. The summed E-state index contributed by atoms with van der Waals surface area (Å²) < 4.78 is 11.5. The number of rotatable bonds is 0. The fourth-order valence-electron chi connectivity index (χ4n) is 4.09. The molecule has 2 aliphatic heterocycles. The van der Waals surface area contributed by atoms with Crippen LogP contribution in [-0.4, -0.2) is 23.8 Å². The van der Waals surface area contributed by atoms with E-state index in [9.17, 15) is 4.79 Å². The average Bonchev–Trinajstić information content (AvgIpc) is 2.82. The van der Waals surface area contributed by atoms with Gasteiger partial charge in [0.2, 0.25) is 0 Å². The number of carbonyl (C=O) groups is 1. The summed E-state index contributed by atoms with van der Waals surface area (Å²) in [6.07, 6.45) is 3.37. The molecule has 3 heteroatoms. The zero-order valence-corrected chi connectivity index (χ0v) is 11.1. The van der Waals surface area contributed by atoms with Crippen molar-refractivity contribution >= 4 is 5.97 Å². The van der Waals surface area contributed by atoms with Crippen LogP contribution in [0.25, 0.3) is 0 Å². The van der Waals surface area contributed by atoms with Crippen molar-refractivity contribution in [1.82, 2.24) is 0 Å². The Hall–Kier alpha value is -1.09. The van der Waals surface area contributed by atoms with E-state index >= 15 is 0 Å². The molecule has 2 fully saturated rings. The molecule has 0 amide bonds. The van der Waals surface area contributed by atoms with E-state index in [4.69, 9.17) is 9.47 Å². The van der Waals surface area contributed by atoms with Gasteiger partial charge in [0.25, 0.3) is 0 Å². The molecule has 4 aliphatic rings. The van der Waals surface area contributed by atoms with Crippen molar-refractivity contribution in [1.29, 1.82) is 0 Å². The maximum Gasteiger partial charge on any atom is 0.334 e. The molecule has 96 valence electrons. The predicted octanol–water partition coefficient (Wildman–Crippen LogP) is 2.52. The molecule has 0 aromatic carbocycles. The second kappa shape index (κ2) is 3.08. The molecule has 0 N–H and O–H groups in total. The van der Waals surface area contributed by atoms with Gasteiger partial charge in [-0.2, -0.15) is 0 Å². The second-order valence-electron chi connectivity index (χ2n) is 6.25. The standard InChI is InChI=1S/C15H18O3/c1-7-4-5-9-8(2)14(16)17-13(9)12-10(7)6-11-15(12,3)18-11/h11-13H,4-6H2,1-3H3/t11-,12-,13-,15-/m1/s1. The Morgan fingerprint density at radius 1 is 1.22 bits per heavy atom. The van der Waals surface area contributed by atoms with Gasteiger partial charge in [0.15, 0.2) is 0 Å². The summed E-state index contributed by atoms with van der Waals surface area (Å²) >= 11 is 0. The van der Waals surface area contributed by atoms with Crippen molar-refractivity contribution < 1.29 is 14.3 Å². The van der Waals surface area contributed by atoms with Crippen LogP contribution in [0.15, 0.2) is 22.3 Å². The number of hydrogen-bond donors (Lipinski definition) is 0. The van der Waals surface area contributed by atoms with Crippen molar-refractivity contribution in [3.63, 3.8) is 0 Å². The third-order valence-corrected chi connectivity index (χ3v) is 5.36. The summed E-state index contributed by atoms with van der Waals surface area (Å²) in [5, 5.41) is 0. The van der Waals surface area contributed by atoms with E-state index in [-0.39, 0.29) is 23.6 Å². The molecule has 4 atom stereocenters. The van der Waals surface area contributed by atoms with Gasteiger partial charge in [0.05, 0.1) is 12.0 Å². The molecule has 2 heterocycles. The monoisotopic (exact) mass is 246 g/mol. The summed E-state index contributed by atoms with van der Waals surface area (Å²) in [5.41, 5.74) is 4.96. The Morgan fingerprint density at radius 2 is 2.00 bits per heavy atom. The topological polar surface area (TPSA) is 38.8 Å². The van der Waals surface area contributed by atoms with Crippen molar-refractivity contribution in [3.8, 4) is 0 Å². The van der Waals surface area contributed by atoms with Crippen LogP contribution in [0.2, 0.25) is 0 Å². The van der Waals surface area contributed by atoms with Crippen molar-refractivity contribution in [3.05, 3.63) is 22.3 Å². The molecule has 0 spiro atoms. The Morgan fingerprint density at radius 3 is 2.78 bits per heavy atom. The molecule has 0 radical (unpaired) electrons. The number of hydrogen-bond acceptors (Lipinski definition) is 3. The second-order valence-corrected chi connectivity index (χ2v) is 6.25. The summed E-state index contributed by atoms with van der Waals surface area (Å²) in [5.74, 6) is 0.142. The highest BCUT2D eigenvalue weighted by atomic mass is 16.6. The normalized spacial score (nSPS) is 45.5. The highest BCUT2D eigenvalue weighted by Gasteiger charge is 2.68. The molecule has 4 rings (SSSR count). The first-order chi connectivity index (χ1) is 8.52. The largest absolute Gasteiger partial charge is 0.454 e. The molecule has 2 aliphatic carbocycles. The lowest BCUT2D eigenvalue weighted by atomic mass is 9.84. The van der Waals surface area contributed by atoms with Gasteiger partial charge < -0.3 is 9.47 Å². The Labute approximate surface area is 107 Å². The van der Waals surface area contributed by atoms with Crippen LogP contribution in [0.4, 0.5) is 0 Å². The fourth-order valence-corrected chi connectivity index (χ4v) is 4.09. The molecule has 0 aromatic rings. The minimum absolute atomic E-state index is 0.0533. The number of ether oxygens (including phenoxy) is 2. The quantitative estimate of drug-likeness (QED) is 0.374. The van der Waals surface area contributed by atoms with Gasteiger partial charge >= 0.3 is 5.97 Å². The first-order valence-corrected chi connectivity index (χ1v) is 6.79. The summed E-state index contributed by atoms with van der Waals surface area (Å²) in [6.45, 7) is 6.31. The van der Waals surface area contributed by atoms with Gasteiger partial charge in [0.1, 0.15) is 11.7 Å². The molecular weight excluding hydrogens is 228 g/mol. The van der Waals surface area contributed by atoms with Crippen LogP contribution < -0.4 is 0 Å². The lowest BCUT2D eigenvalue weighted by Crippen LogP contribution is -2.33. The number of carbonyl (C=O) groups excluding carboxylic acids is 1. The van der Waals surface area contributed by atoms with Gasteiger partial charge in [-0.1, -0.05) is 11.1 Å². The number of epoxide rings is 1.